The van der Waals surface area contributed by atoms with E-state index in [1.54, 1.807) is 6.92 Å². The fraction of sp³-hybridized carbons (Fsp3) is 0.583. The first-order valence-electron chi connectivity index (χ1n) is 5.69. The summed E-state index contributed by atoms with van der Waals surface area (Å²) >= 11 is 1.44. The van der Waals surface area contributed by atoms with Gasteiger partial charge in [0.15, 0.2) is 5.78 Å². The average molecular weight is 252 g/mol. The van der Waals surface area contributed by atoms with E-state index >= 15 is 0 Å². The Morgan fingerprint density at radius 3 is 2.12 bits per heavy atom. The van der Waals surface area contributed by atoms with Crippen molar-refractivity contribution in [3.8, 4) is 0 Å². The van der Waals surface area contributed by atoms with Crippen LogP contribution in [0.15, 0.2) is 12.1 Å². The van der Waals surface area contributed by atoms with Gasteiger partial charge in [-0.25, -0.2) is 0 Å². The van der Waals surface area contributed by atoms with Gasteiger partial charge in [0, 0.05) is 4.78 Å². The van der Waals surface area contributed by atoms with Crippen molar-refractivity contribution in [3.63, 3.8) is 0 Å². The molecule has 0 unspecified atom stereocenters. The highest BCUT2D eigenvalue weighted by molar-refractivity contribution is 7.23. The molecule has 1 aliphatic rings. The molecule has 1 aromatic heterocycles. The molecular weight excluding hydrogens is 235 g/mol. The van der Waals surface area contributed by atoms with Gasteiger partial charge in [-0.05, 0) is 40.7 Å². The monoisotopic (exact) mass is 252 g/mol. The van der Waals surface area contributed by atoms with E-state index in [0.717, 1.165) is 9.65 Å². The smallest absolute Gasteiger partial charge is 0.399 e. The predicted octanol–water partition coefficient (Wildman–Crippen LogP) is 2.25. The second-order valence-corrected chi connectivity index (χ2v) is 6.46. The first-order valence-corrected chi connectivity index (χ1v) is 6.51. The zero-order chi connectivity index (χ0) is 12.8. The summed E-state index contributed by atoms with van der Waals surface area (Å²) in [6.45, 7) is 9.65. The molecule has 1 saturated heterocycles. The van der Waals surface area contributed by atoms with E-state index in [2.05, 4.69) is 0 Å². The summed E-state index contributed by atoms with van der Waals surface area (Å²) in [5.74, 6) is 0.0813. The predicted molar refractivity (Wildman–Crippen MR) is 70.0 cm³/mol. The third-order valence-electron chi connectivity index (χ3n) is 3.46. The Labute approximate surface area is 106 Å². The van der Waals surface area contributed by atoms with Gasteiger partial charge in [0.25, 0.3) is 0 Å². The summed E-state index contributed by atoms with van der Waals surface area (Å²) in [5, 5.41) is 0. The lowest BCUT2D eigenvalue weighted by atomic mass is 9.88. The molecule has 0 spiro atoms. The van der Waals surface area contributed by atoms with Crippen LogP contribution in [0.2, 0.25) is 0 Å². The van der Waals surface area contributed by atoms with Crippen LogP contribution in [-0.2, 0) is 9.31 Å². The molecule has 0 amide bonds. The van der Waals surface area contributed by atoms with Crippen molar-refractivity contribution in [3.05, 3.63) is 17.0 Å². The summed E-state index contributed by atoms with van der Waals surface area (Å²) in [6, 6.07) is 3.73. The Kier molecular flexibility index (Phi) is 2.96. The lowest BCUT2D eigenvalue weighted by Crippen LogP contribution is -2.41. The number of ketones is 1. The third kappa shape index (κ3) is 2.19. The SMILES string of the molecule is CC(=O)c1ccc(B2OC(C)(C)C(C)(C)O2)s1. The van der Waals surface area contributed by atoms with Crippen molar-refractivity contribution >= 4 is 29.0 Å². The van der Waals surface area contributed by atoms with E-state index in [1.807, 2.05) is 39.8 Å². The van der Waals surface area contributed by atoms with Crippen LogP contribution in [0.4, 0.5) is 0 Å². The number of Topliss-reactive ketones (excluding diaryl/α,β-unsaturated/α-hetero) is 1. The van der Waals surface area contributed by atoms with Gasteiger partial charge in [-0.15, -0.1) is 11.3 Å². The van der Waals surface area contributed by atoms with Crippen molar-refractivity contribution in [2.45, 2.75) is 45.8 Å². The molecule has 17 heavy (non-hydrogen) atoms. The van der Waals surface area contributed by atoms with Crippen molar-refractivity contribution in [1.29, 1.82) is 0 Å². The molecule has 0 atom stereocenters. The molecular formula is C12H17BO3S. The van der Waals surface area contributed by atoms with Crippen molar-refractivity contribution < 1.29 is 14.1 Å². The second kappa shape index (κ2) is 3.94. The topological polar surface area (TPSA) is 35.5 Å². The number of hydrogen-bond acceptors (Lipinski definition) is 4. The van der Waals surface area contributed by atoms with Gasteiger partial charge >= 0.3 is 7.12 Å². The largest absolute Gasteiger partial charge is 0.505 e. The van der Waals surface area contributed by atoms with E-state index < -0.39 is 0 Å². The van der Waals surface area contributed by atoms with Crippen LogP contribution in [0.5, 0.6) is 0 Å². The minimum absolute atomic E-state index is 0.0813. The van der Waals surface area contributed by atoms with Crippen molar-refractivity contribution in [2.75, 3.05) is 0 Å². The number of carbonyl (C=O) groups is 1. The van der Waals surface area contributed by atoms with Gasteiger partial charge < -0.3 is 9.31 Å². The summed E-state index contributed by atoms with van der Waals surface area (Å²) in [6.07, 6.45) is 0. The highest BCUT2D eigenvalue weighted by Gasteiger charge is 2.52. The molecule has 5 heteroatoms. The van der Waals surface area contributed by atoms with E-state index in [1.165, 1.54) is 11.3 Å². The van der Waals surface area contributed by atoms with Crippen LogP contribution >= 0.6 is 11.3 Å². The summed E-state index contributed by atoms with van der Waals surface area (Å²) in [5.41, 5.74) is -0.671. The highest BCUT2D eigenvalue weighted by atomic mass is 32.1. The van der Waals surface area contributed by atoms with Crippen LogP contribution in [0.1, 0.15) is 44.3 Å². The minimum atomic E-state index is -0.363. The highest BCUT2D eigenvalue weighted by Crippen LogP contribution is 2.36. The molecule has 0 radical (unpaired) electrons. The first-order chi connectivity index (χ1) is 7.73. The van der Waals surface area contributed by atoms with Crippen LogP contribution in [0, 0.1) is 0 Å². The number of thiophene rings is 1. The van der Waals surface area contributed by atoms with Crippen LogP contribution in [-0.4, -0.2) is 24.1 Å². The molecule has 0 N–H and O–H groups in total. The standard InChI is InChI=1S/C12H17BO3S/c1-8(14)9-6-7-10(17-9)13-15-11(2,3)12(4,5)16-13/h6-7H,1-5H3. The molecule has 1 aromatic rings. The lowest BCUT2D eigenvalue weighted by molar-refractivity contribution is 0.00578. The lowest BCUT2D eigenvalue weighted by Gasteiger charge is -2.32. The summed E-state index contributed by atoms with van der Waals surface area (Å²) < 4.78 is 12.8. The first kappa shape index (κ1) is 12.8. The van der Waals surface area contributed by atoms with Gasteiger partial charge in [-0.2, -0.15) is 0 Å². The molecule has 0 aromatic carbocycles. The zero-order valence-electron chi connectivity index (χ0n) is 10.9. The molecule has 1 fully saturated rings. The van der Waals surface area contributed by atoms with Gasteiger partial charge in [0.1, 0.15) is 0 Å². The minimum Gasteiger partial charge on any atom is -0.399 e. The second-order valence-electron chi connectivity index (χ2n) is 5.35. The maximum Gasteiger partial charge on any atom is 0.505 e. The molecule has 0 aliphatic carbocycles. The summed E-state index contributed by atoms with van der Waals surface area (Å²) in [7, 11) is -0.363. The molecule has 3 nitrogen and oxygen atoms in total. The van der Waals surface area contributed by atoms with E-state index in [9.17, 15) is 4.79 Å². The third-order valence-corrected chi connectivity index (χ3v) is 4.67. The van der Waals surface area contributed by atoms with Gasteiger partial charge in [0.05, 0.1) is 16.1 Å². The fourth-order valence-corrected chi connectivity index (χ4v) is 2.49. The Morgan fingerprint density at radius 1 is 1.18 bits per heavy atom. The van der Waals surface area contributed by atoms with Gasteiger partial charge in [0.2, 0.25) is 0 Å². The van der Waals surface area contributed by atoms with Gasteiger partial charge in [-0.1, -0.05) is 6.07 Å². The van der Waals surface area contributed by atoms with Crippen LogP contribution in [0.3, 0.4) is 0 Å². The van der Waals surface area contributed by atoms with Crippen LogP contribution in [0.25, 0.3) is 0 Å². The number of rotatable bonds is 2. The molecule has 2 heterocycles. The van der Waals surface area contributed by atoms with E-state index in [0.29, 0.717) is 0 Å². The number of hydrogen-bond donors (Lipinski definition) is 0. The quantitative estimate of drug-likeness (QED) is 0.598. The summed E-state index contributed by atoms with van der Waals surface area (Å²) in [4.78, 5) is 12.0. The van der Waals surface area contributed by atoms with Crippen molar-refractivity contribution in [2.24, 2.45) is 0 Å². The molecule has 1 aliphatic heterocycles. The maximum atomic E-state index is 11.3. The Balaban J connectivity index is 2.23. The molecule has 2 rings (SSSR count). The van der Waals surface area contributed by atoms with Gasteiger partial charge in [-0.3, -0.25) is 4.79 Å². The maximum absolute atomic E-state index is 11.3. The Bertz CT molecular complexity index is 434. The van der Waals surface area contributed by atoms with Crippen LogP contribution < -0.4 is 4.78 Å². The fourth-order valence-electron chi connectivity index (χ4n) is 1.63. The van der Waals surface area contributed by atoms with E-state index in [4.69, 9.17) is 9.31 Å². The normalized spacial score (nSPS) is 21.8. The molecule has 0 bridgehead atoms. The Morgan fingerprint density at radius 2 is 1.71 bits per heavy atom. The molecule has 0 saturated carbocycles. The Hall–Kier alpha value is -0.645. The number of carbonyl (C=O) groups excluding carboxylic acids is 1. The zero-order valence-corrected chi connectivity index (χ0v) is 11.7. The average Bonchev–Trinajstić information content (AvgIpc) is 2.70. The van der Waals surface area contributed by atoms with E-state index in [-0.39, 0.29) is 24.1 Å². The molecule has 92 valence electrons. The van der Waals surface area contributed by atoms with Crippen molar-refractivity contribution in [1.82, 2.24) is 0 Å².